The van der Waals surface area contributed by atoms with Gasteiger partial charge in [0, 0.05) is 12.0 Å². The molecule has 0 radical (unpaired) electrons. The quantitative estimate of drug-likeness (QED) is 0.860. The molecule has 2 atom stereocenters. The van der Waals surface area contributed by atoms with Gasteiger partial charge in [0.25, 0.3) is 0 Å². The number of ether oxygens (including phenoxy) is 1. The van der Waals surface area contributed by atoms with Gasteiger partial charge in [0.1, 0.15) is 11.5 Å². The third kappa shape index (κ3) is 3.42. The predicted octanol–water partition coefficient (Wildman–Crippen LogP) is 2.89. The number of likely N-dealkylation sites (tertiary alicyclic amines) is 1. The molecule has 6 nitrogen and oxygen atoms in total. The largest absolute Gasteiger partial charge is 0.480 e. The van der Waals surface area contributed by atoms with Crippen molar-refractivity contribution < 1.29 is 24.2 Å². The van der Waals surface area contributed by atoms with Crippen molar-refractivity contribution in [2.24, 2.45) is 10.8 Å². The maximum atomic E-state index is 12.5. The van der Waals surface area contributed by atoms with E-state index in [0.717, 1.165) is 10.5 Å². The number of nitrogens with zero attached hydrogens (tertiary/aromatic N) is 1. The van der Waals surface area contributed by atoms with Gasteiger partial charge in [-0.05, 0) is 12.5 Å². The Labute approximate surface area is 141 Å². The first kappa shape index (κ1) is 18.0. The first-order valence-corrected chi connectivity index (χ1v) is 7.83. The summed E-state index contributed by atoms with van der Waals surface area (Å²) < 4.78 is 5.65. The van der Waals surface area contributed by atoms with Crippen LogP contribution in [0, 0.1) is 10.8 Å². The van der Waals surface area contributed by atoms with E-state index in [2.05, 4.69) is 0 Å². The lowest BCUT2D eigenvalue weighted by atomic mass is 9.84. The fourth-order valence-corrected chi connectivity index (χ4v) is 2.74. The van der Waals surface area contributed by atoms with Crippen molar-refractivity contribution in [3.8, 4) is 0 Å². The molecule has 0 aromatic heterocycles. The van der Waals surface area contributed by atoms with Crippen LogP contribution < -0.4 is 0 Å². The van der Waals surface area contributed by atoms with Crippen LogP contribution in [0.15, 0.2) is 30.3 Å². The zero-order valence-electron chi connectivity index (χ0n) is 14.4. The van der Waals surface area contributed by atoms with Crippen molar-refractivity contribution in [2.45, 2.75) is 33.8 Å². The SMILES string of the molecule is CC1(C(=O)O)CN(C(=O)OC(c2ccccc2)C(C)(C)C)CC1=O. The second-order valence-electron chi connectivity index (χ2n) is 7.46. The standard InChI is InChI=1S/C18H23NO5/c1-17(2,3)14(12-8-6-5-7-9-12)24-16(23)19-10-13(20)18(4,11-19)15(21)22/h5-9,14H,10-11H2,1-4H3,(H,21,22). The molecule has 1 N–H and O–H groups in total. The van der Waals surface area contributed by atoms with Gasteiger partial charge in [-0.1, -0.05) is 51.1 Å². The highest BCUT2D eigenvalue weighted by Crippen LogP contribution is 2.37. The highest BCUT2D eigenvalue weighted by Gasteiger charge is 2.50. The second-order valence-corrected chi connectivity index (χ2v) is 7.46. The molecule has 0 aliphatic carbocycles. The first-order valence-electron chi connectivity index (χ1n) is 7.83. The van der Waals surface area contributed by atoms with Crippen LogP contribution in [-0.4, -0.2) is 40.9 Å². The Bertz CT molecular complexity index is 649. The van der Waals surface area contributed by atoms with Crippen molar-refractivity contribution in [1.82, 2.24) is 4.90 Å². The van der Waals surface area contributed by atoms with Crippen LogP contribution >= 0.6 is 0 Å². The van der Waals surface area contributed by atoms with E-state index in [-0.39, 0.29) is 18.5 Å². The third-order valence-corrected chi connectivity index (χ3v) is 4.29. The topological polar surface area (TPSA) is 83.9 Å². The van der Waals surface area contributed by atoms with Crippen LogP contribution in [0.25, 0.3) is 0 Å². The lowest BCUT2D eigenvalue weighted by Gasteiger charge is -2.32. The van der Waals surface area contributed by atoms with Gasteiger partial charge in [0.2, 0.25) is 0 Å². The second kappa shape index (κ2) is 6.26. The molecule has 0 spiro atoms. The third-order valence-electron chi connectivity index (χ3n) is 4.29. The molecule has 1 fully saturated rings. The number of hydrogen-bond donors (Lipinski definition) is 1. The highest BCUT2D eigenvalue weighted by molar-refractivity contribution is 6.06. The molecule has 1 aliphatic heterocycles. The molecule has 1 saturated heterocycles. The predicted molar refractivity (Wildman–Crippen MR) is 87.4 cm³/mol. The lowest BCUT2D eigenvalue weighted by Crippen LogP contribution is -2.38. The van der Waals surface area contributed by atoms with E-state index in [1.54, 1.807) is 0 Å². The van der Waals surface area contributed by atoms with Gasteiger partial charge in [-0.2, -0.15) is 0 Å². The van der Waals surface area contributed by atoms with Crippen LogP contribution in [0.4, 0.5) is 4.79 Å². The minimum absolute atomic E-state index is 0.175. The smallest absolute Gasteiger partial charge is 0.410 e. The van der Waals surface area contributed by atoms with Crippen molar-refractivity contribution >= 4 is 17.8 Å². The number of amides is 1. The molecule has 1 amide bonds. The van der Waals surface area contributed by atoms with E-state index in [1.165, 1.54) is 6.92 Å². The van der Waals surface area contributed by atoms with Crippen LogP contribution in [0.1, 0.15) is 39.4 Å². The lowest BCUT2D eigenvalue weighted by molar-refractivity contribution is -0.151. The van der Waals surface area contributed by atoms with E-state index >= 15 is 0 Å². The van der Waals surface area contributed by atoms with Crippen LogP contribution in [0.3, 0.4) is 0 Å². The molecule has 24 heavy (non-hydrogen) atoms. The van der Waals surface area contributed by atoms with Crippen LogP contribution in [0.5, 0.6) is 0 Å². The fraction of sp³-hybridized carbons (Fsp3) is 0.500. The summed E-state index contributed by atoms with van der Waals surface area (Å²) in [5.41, 5.74) is -1.07. The van der Waals surface area contributed by atoms with Gasteiger partial charge in [-0.3, -0.25) is 14.5 Å². The monoisotopic (exact) mass is 333 g/mol. The Morgan fingerprint density at radius 2 is 1.83 bits per heavy atom. The number of carbonyl (C=O) groups excluding carboxylic acids is 2. The molecular weight excluding hydrogens is 310 g/mol. The summed E-state index contributed by atoms with van der Waals surface area (Å²) in [5.74, 6) is -1.71. The van der Waals surface area contributed by atoms with E-state index < -0.39 is 29.4 Å². The number of carboxylic acid groups (broad SMARTS) is 1. The summed E-state index contributed by atoms with van der Waals surface area (Å²) in [5, 5.41) is 9.23. The zero-order chi connectivity index (χ0) is 18.1. The summed E-state index contributed by atoms with van der Waals surface area (Å²) in [6.07, 6.45) is -1.17. The van der Waals surface area contributed by atoms with E-state index in [4.69, 9.17) is 4.74 Å². The average molecular weight is 333 g/mol. The van der Waals surface area contributed by atoms with Gasteiger partial charge >= 0.3 is 12.1 Å². The molecule has 130 valence electrons. The van der Waals surface area contributed by atoms with Crippen LogP contribution in [-0.2, 0) is 14.3 Å². The molecule has 2 unspecified atom stereocenters. The van der Waals surface area contributed by atoms with Gasteiger partial charge < -0.3 is 9.84 Å². The number of benzene rings is 1. The Kier molecular flexibility index (Phi) is 4.69. The number of carbonyl (C=O) groups is 3. The Morgan fingerprint density at radius 1 is 1.25 bits per heavy atom. The molecule has 0 bridgehead atoms. The van der Waals surface area contributed by atoms with Crippen molar-refractivity contribution in [1.29, 1.82) is 0 Å². The average Bonchev–Trinajstić information content (AvgIpc) is 2.81. The Morgan fingerprint density at radius 3 is 2.29 bits per heavy atom. The Balaban J connectivity index is 2.18. The van der Waals surface area contributed by atoms with Crippen molar-refractivity contribution in [3.63, 3.8) is 0 Å². The van der Waals surface area contributed by atoms with Gasteiger partial charge in [0.05, 0.1) is 6.54 Å². The van der Waals surface area contributed by atoms with Gasteiger partial charge in [0.15, 0.2) is 5.78 Å². The van der Waals surface area contributed by atoms with Crippen molar-refractivity contribution in [3.05, 3.63) is 35.9 Å². The normalized spacial score (nSPS) is 22.3. The number of carboxylic acids is 1. The summed E-state index contributed by atoms with van der Waals surface area (Å²) >= 11 is 0. The highest BCUT2D eigenvalue weighted by atomic mass is 16.6. The van der Waals surface area contributed by atoms with Crippen LogP contribution in [0.2, 0.25) is 0 Å². The maximum absolute atomic E-state index is 12.5. The number of Topliss-reactive ketones (excluding diaryl/α,β-unsaturated/α-hetero) is 1. The maximum Gasteiger partial charge on any atom is 0.410 e. The molecule has 1 aromatic carbocycles. The number of aliphatic carboxylic acids is 1. The summed E-state index contributed by atoms with van der Waals surface area (Å²) in [6.45, 7) is 6.78. The van der Waals surface area contributed by atoms with E-state index in [9.17, 15) is 19.5 Å². The van der Waals surface area contributed by atoms with Gasteiger partial charge in [-0.15, -0.1) is 0 Å². The van der Waals surface area contributed by atoms with E-state index in [0.29, 0.717) is 0 Å². The minimum Gasteiger partial charge on any atom is -0.480 e. The minimum atomic E-state index is -1.57. The Hall–Kier alpha value is -2.37. The molecule has 6 heteroatoms. The van der Waals surface area contributed by atoms with Crippen molar-refractivity contribution in [2.75, 3.05) is 13.1 Å². The van der Waals surface area contributed by atoms with E-state index in [1.807, 2.05) is 51.1 Å². The summed E-state index contributed by atoms with van der Waals surface area (Å²) in [6, 6.07) is 9.35. The first-order chi connectivity index (χ1) is 11.1. The molecule has 0 saturated carbocycles. The zero-order valence-corrected chi connectivity index (χ0v) is 14.4. The molecule has 1 aliphatic rings. The molecule has 1 aromatic rings. The fourth-order valence-electron chi connectivity index (χ4n) is 2.74. The number of rotatable bonds is 3. The molecular formula is C18H23NO5. The summed E-state index contributed by atoms with van der Waals surface area (Å²) in [7, 11) is 0. The molecule has 2 rings (SSSR count). The number of hydrogen-bond acceptors (Lipinski definition) is 4. The summed E-state index contributed by atoms with van der Waals surface area (Å²) in [4.78, 5) is 36.9. The number of ketones is 1. The van der Waals surface area contributed by atoms with Gasteiger partial charge in [-0.25, -0.2) is 4.79 Å². The molecule has 1 heterocycles.